The fourth-order valence-corrected chi connectivity index (χ4v) is 3.68. The van der Waals surface area contributed by atoms with E-state index in [0.29, 0.717) is 31.0 Å². The van der Waals surface area contributed by atoms with E-state index in [1.807, 2.05) is 0 Å². The number of aromatic nitrogens is 2. The van der Waals surface area contributed by atoms with Crippen molar-refractivity contribution in [2.24, 2.45) is 0 Å². The number of carboxylic acids is 2. The highest BCUT2D eigenvalue weighted by molar-refractivity contribution is 5.85. The lowest BCUT2D eigenvalue weighted by Gasteiger charge is -2.23. The first-order valence-electron chi connectivity index (χ1n) is 11.8. The molecule has 0 aliphatic heterocycles. The number of pyridine rings is 2. The average molecular weight is 492 g/mol. The summed E-state index contributed by atoms with van der Waals surface area (Å²) in [7, 11) is 0. The lowest BCUT2D eigenvalue weighted by molar-refractivity contribution is 0.0679. The molecule has 5 N–H and O–H groups in total. The summed E-state index contributed by atoms with van der Waals surface area (Å²) in [5, 5.41) is 28.7. The molecule has 0 spiro atoms. The first-order valence-corrected chi connectivity index (χ1v) is 11.8. The minimum atomic E-state index is -1.06. The second-order valence-electron chi connectivity index (χ2n) is 9.62. The highest BCUT2D eigenvalue weighted by atomic mass is 16.4. The number of nitrogens with zero attached hydrogens (tertiary/aromatic N) is 2. The third-order valence-corrected chi connectivity index (χ3v) is 5.28. The topological polar surface area (TPSA) is 136 Å². The second kappa shape index (κ2) is 12.2. The zero-order valence-corrected chi connectivity index (χ0v) is 20.8. The molecule has 0 bridgehead atoms. The molecule has 9 nitrogen and oxygen atoms in total. The van der Waals surface area contributed by atoms with Crippen molar-refractivity contribution >= 4 is 17.6 Å². The fourth-order valence-electron chi connectivity index (χ4n) is 3.68. The van der Waals surface area contributed by atoms with Gasteiger partial charge < -0.3 is 26.2 Å². The Kier molecular flexibility index (Phi) is 9.10. The van der Waals surface area contributed by atoms with E-state index < -0.39 is 11.9 Å². The number of anilines is 1. The molecule has 190 valence electrons. The van der Waals surface area contributed by atoms with Crippen LogP contribution in [0.5, 0.6) is 0 Å². The normalized spacial score (nSPS) is 12.2. The molecule has 0 aliphatic carbocycles. The number of hydrogen-bond acceptors (Lipinski definition) is 7. The number of aromatic carboxylic acids is 2. The number of carboxylic acid groups (broad SMARTS) is 2. The van der Waals surface area contributed by atoms with E-state index in [0.717, 1.165) is 17.7 Å². The first-order chi connectivity index (χ1) is 17.1. The smallest absolute Gasteiger partial charge is 0.354 e. The maximum atomic E-state index is 11.2. The van der Waals surface area contributed by atoms with Crippen LogP contribution >= 0.6 is 0 Å². The lowest BCUT2D eigenvalue weighted by Crippen LogP contribution is -2.40. The molecule has 3 rings (SSSR count). The van der Waals surface area contributed by atoms with Gasteiger partial charge in [-0.1, -0.05) is 24.3 Å². The van der Waals surface area contributed by atoms with Crippen molar-refractivity contribution in [2.75, 3.05) is 11.9 Å². The summed E-state index contributed by atoms with van der Waals surface area (Å²) < 4.78 is 0. The monoisotopic (exact) mass is 491 g/mol. The van der Waals surface area contributed by atoms with E-state index in [-0.39, 0.29) is 23.0 Å². The van der Waals surface area contributed by atoms with Crippen molar-refractivity contribution in [3.8, 4) is 0 Å². The molecule has 36 heavy (non-hydrogen) atoms. The number of rotatable bonds is 12. The Balaban J connectivity index is 1.66. The highest BCUT2D eigenvalue weighted by Crippen LogP contribution is 2.16. The Hall–Kier alpha value is -3.82. The average Bonchev–Trinajstić information content (AvgIpc) is 2.83. The minimum absolute atomic E-state index is 0.00404. The lowest BCUT2D eigenvalue weighted by atomic mass is 10.0. The summed E-state index contributed by atoms with van der Waals surface area (Å²) in [6.07, 6.45) is 0.726. The SMILES string of the molecule is CC(C)(C)Nc1ccc(C[C@@H](CNCc2cccc(C(=O)O)n2)NCc2cccc(C(=O)O)n2)cc1. The van der Waals surface area contributed by atoms with Gasteiger partial charge in [-0.05, 0) is 69.2 Å². The van der Waals surface area contributed by atoms with Crippen LogP contribution in [0.1, 0.15) is 58.7 Å². The summed E-state index contributed by atoms with van der Waals surface area (Å²) in [6.45, 7) is 7.74. The molecule has 0 saturated carbocycles. The van der Waals surface area contributed by atoms with Crippen LogP contribution in [-0.2, 0) is 19.5 Å². The number of carbonyl (C=O) groups is 2. The van der Waals surface area contributed by atoms with E-state index in [1.165, 1.54) is 12.1 Å². The van der Waals surface area contributed by atoms with Crippen LogP contribution in [0, 0.1) is 0 Å². The van der Waals surface area contributed by atoms with Gasteiger partial charge in [0.2, 0.25) is 0 Å². The van der Waals surface area contributed by atoms with Crippen LogP contribution in [0.15, 0.2) is 60.7 Å². The second-order valence-corrected chi connectivity index (χ2v) is 9.62. The van der Waals surface area contributed by atoms with Crippen molar-refractivity contribution in [3.63, 3.8) is 0 Å². The summed E-state index contributed by atoms with van der Waals surface area (Å²) in [5.74, 6) is -2.12. The Labute approximate surface area is 211 Å². The Morgan fingerprint density at radius 3 is 1.92 bits per heavy atom. The maximum Gasteiger partial charge on any atom is 0.354 e. The van der Waals surface area contributed by atoms with Gasteiger partial charge >= 0.3 is 11.9 Å². The van der Waals surface area contributed by atoms with Crippen LogP contribution in [0.2, 0.25) is 0 Å². The number of benzene rings is 1. The molecule has 1 atom stereocenters. The molecule has 0 radical (unpaired) electrons. The zero-order chi connectivity index (χ0) is 26.1. The van der Waals surface area contributed by atoms with Crippen LogP contribution in [0.3, 0.4) is 0 Å². The van der Waals surface area contributed by atoms with Crippen LogP contribution in [0.4, 0.5) is 5.69 Å². The van der Waals surface area contributed by atoms with Gasteiger partial charge in [0.15, 0.2) is 0 Å². The predicted molar refractivity (Wildman–Crippen MR) is 138 cm³/mol. The Morgan fingerprint density at radius 2 is 1.39 bits per heavy atom. The summed E-state index contributed by atoms with van der Waals surface area (Å²) in [6, 6.07) is 18.2. The quantitative estimate of drug-likeness (QED) is 0.257. The van der Waals surface area contributed by atoms with E-state index >= 15 is 0 Å². The van der Waals surface area contributed by atoms with Crippen molar-refractivity contribution in [1.82, 2.24) is 20.6 Å². The summed E-state index contributed by atoms with van der Waals surface area (Å²) in [4.78, 5) is 30.8. The predicted octanol–water partition coefficient (Wildman–Crippen LogP) is 3.57. The molecule has 1 aromatic carbocycles. The van der Waals surface area contributed by atoms with Crippen molar-refractivity contribution in [3.05, 3.63) is 89.0 Å². The molecule has 3 aromatic rings. The molecular formula is C27H33N5O4. The molecule has 0 amide bonds. The molecular weight excluding hydrogens is 458 g/mol. The van der Waals surface area contributed by atoms with Crippen LogP contribution < -0.4 is 16.0 Å². The van der Waals surface area contributed by atoms with Crippen molar-refractivity contribution in [2.45, 2.75) is 51.9 Å². The Bertz CT molecular complexity index is 1180. The Morgan fingerprint density at radius 1 is 0.833 bits per heavy atom. The van der Waals surface area contributed by atoms with Gasteiger partial charge in [-0.25, -0.2) is 19.6 Å². The molecule has 0 unspecified atom stereocenters. The first kappa shape index (κ1) is 26.8. The number of hydrogen-bond donors (Lipinski definition) is 5. The van der Waals surface area contributed by atoms with E-state index in [4.69, 9.17) is 5.11 Å². The molecule has 9 heteroatoms. The largest absolute Gasteiger partial charge is 0.477 e. The van der Waals surface area contributed by atoms with Gasteiger partial charge in [0, 0.05) is 36.9 Å². The molecule has 2 heterocycles. The standard InChI is InChI=1S/C27H33N5O4/c1-27(2,3)32-19-12-10-18(11-13-19)14-22(29-17-21-7-5-9-24(31-21)26(35)36)16-28-15-20-6-4-8-23(30-20)25(33)34/h4-13,22,28-29,32H,14-17H2,1-3H3,(H,33,34)(H,35,36)/t22-/m0/s1. The molecule has 0 aliphatic rings. The third-order valence-electron chi connectivity index (χ3n) is 5.28. The summed E-state index contributed by atoms with van der Waals surface area (Å²) in [5.41, 5.74) is 3.47. The van der Waals surface area contributed by atoms with Gasteiger partial charge in [0.1, 0.15) is 11.4 Å². The summed E-state index contributed by atoms with van der Waals surface area (Å²) >= 11 is 0. The van der Waals surface area contributed by atoms with Gasteiger partial charge in [0.25, 0.3) is 0 Å². The zero-order valence-electron chi connectivity index (χ0n) is 20.8. The van der Waals surface area contributed by atoms with Gasteiger partial charge in [-0.2, -0.15) is 0 Å². The van der Waals surface area contributed by atoms with Gasteiger partial charge in [-0.3, -0.25) is 0 Å². The highest BCUT2D eigenvalue weighted by Gasteiger charge is 2.13. The molecule has 0 fully saturated rings. The van der Waals surface area contributed by atoms with Crippen molar-refractivity contribution < 1.29 is 19.8 Å². The fraction of sp³-hybridized carbons (Fsp3) is 0.333. The molecule has 2 aromatic heterocycles. The van der Waals surface area contributed by atoms with Gasteiger partial charge in [0.05, 0.1) is 11.4 Å². The van der Waals surface area contributed by atoms with Gasteiger partial charge in [-0.15, -0.1) is 0 Å². The van der Waals surface area contributed by atoms with E-state index in [1.54, 1.807) is 24.3 Å². The number of nitrogens with one attached hydrogen (secondary N) is 3. The van der Waals surface area contributed by atoms with E-state index in [2.05, 4.69) is 71.0 Å². The minimum Gasteiger partial charge on any atom is -0.477 e. The van der Waals surface area contributed by atoms with Crippen molar-refractivity contribution in [1.29, 1.82) is 0 Å². The molecule has 0 saturated heterocycles. The van der Waals surface area contributed by atoms with E-state index in [9.17, 15) is 14.7 Å². The van der Waals surface area contributed by atoms with Crippen LogP contribution in [-0.4, -0.2) is 50.2 Å². The third kappa shape index (κ3) is 8.75. The maximum absolute atomic E-state index is 11.2. The van der Waals surface area contributed by atoms with Crippen LogP contribution in [0.25, 0.3) is 0 Å².